The smallest absolute Gasteiger partial charge is 0.363 e. The fraction of sp³-hybridized carbons (Fsp3) is 0.857. The van der Waals surface area contributed by atoms with Crippen LogP contribution in [0.5, 0.6) is 0 Å². The number of carbonyl (C=O) groups excluding carboxylic acids is 1. The van der Waals surface area contributed by atoms with Gasteiger partial charge in [0.15, 0.2) is 0 Å². The second-order valence-corrected chi connectivity index (χ2v) is 2.18. The molecule has 1 heterocycles. The molecule has 0 aromatic heterocycles. The normalized spacial score (nSPS) is 19.7. The van der Waals surface area contributed by atoms with Crippen LogP contribution in [0.2, 0.25) is 0 Å². The SMILES string of the molecule is CCOC(=O)C1OCCCO1. The molecule has 0 aromatic carbocycles. The molecule has 0 aliphatic carbocycles. The molecule has 0 N–H and O–H groups in total. The van der Waals surface area contributed by atoms with E-state index >= 15 is 0 Å². The van der Waals surface area contributed by atoms with Crippen LogP contribution in [0, 0.1) is 0 Å². The standard InChI is InChI=1S/C7H12O4/c1-2-9-6(8)7-10-4-3-5-11-7/h7H,2-5H2,1H3. The Kier molecular flexibility index (Phi) is 3.32. The van der Waals surface area contributed by atoms with Crippen LogP contribution in [0.4, 0.5) is 0 Å². The predicted octanol–water partition coefficient (Wildman–Crippen LogP) is 0.312. The van der Waals surface area contributed by atoms with Gasteiger partial charge in [-0.3, -0.25) is 0 Å². The summed E-state index contributed by atoms with van der Waals surface area (Å²) >= 11 is 0. The summed E-state index contributed by atoms with van der Waals surface area (Å²) in [5.74, 6) is -0.424. The molecule has 0 bridgehead atoms. The number of esters is 1. The van der Waals surface area contributed by atoms with Crippen molar-refractivity contribution in [2.45, 2.75) is 19.6 Å². The Morgan fingerprint density at radius 2 is 2.18 bits per heavy atom. The third kappa shape index (κ3) is 2.48. The molecule has 0 spiro atoms. The topological polar surface area (TPSA) is 44.8 Å². The molecule has 0 aromatic rings. The van der Waals surface area contributed by atoms with Gasteiger partial charge in [0.2, 0.25) is 0 Å². The summed E-state index contributed by atoms with van der Waals surface area (Å²) in [5.41, 5.74) is 0. The minimum Gasteiger partial charge on any atom is -0.462 e. The van der Waals surface area contributed by atoms with Crippen LogP contribution in [0.3, 0.4) is 0 Å². The van der Waals surface area contributed by atoms with E-state index in [4.69, 9.17) is 14.2 Å². The van der Waals surface area contributed by atoms with Crippen LogP contribution in [0.1, 0.15) is 13.3 Å². The lowest BCUT2D eigenvalue weighted by Gasteiger charge is -2.20. The van der Waals surface area contributed by atoms with Gasteiger partial charge in [0.1, 0.15) is 0 Å². The molecule has 4 heteroatoms. The third-order valence-corrected chi connectivity index (χ3v) is 1.31. The molecule has 0 amide bonds. The maximum atomic E-state index is 10.9. The average Bonchev–Trinajstić information content (AvgIpc) is 2.07. The first-order valence-corrected chi connectivity index (χ1v) is 3.74. The molecule has 1 aliphatic rings. The molecular weight excluding hydrogens is 148 g/mol. The Bertz CT molecular complexity index is 128. The molecule has 1 aliphatic heterocycles. The number of carbonyl (C=O) groups is 1. The van der Waals surface area contributed by atoms with Crippen molar-refractivity contribution in [2.24, 2.45) is 0 Å². The number of hydrogen-bond acceptors (Lipinski definition) is 4. The van der Waals surface area contributed by atoms with Gasteiger partial charge in [-0.05, 0) is 13.3 Å². The summed E-state index contributed by atoms with van der Waals surface area (Å²) in [6, 6.07) is 0. The highest BCUT2D eigenvalue weighted by Gasteiger charge is 2.23. The first-order chi connectivity index (χ1) is 5.34. The van der Waals surface area contributed by atoms with Crippen LogP contribution < -0.4 is 0 Å². The molecular formula is C7H12O4. The minimum absolute atomic E-state index is 0.363. The third-order valence-electron chi connectivity index (χ3n) is 1.31. The number of ether oxygens (including phenoxy) is 3. The van der Waals surface area contributed by atoms with E-state index in [1.54, 1.807) is 6.92 Å². The number of hydrogen-bond donors (Lipinski definition) is 0. The lowest BCUT2D eigenvalue weighted by Crippen LogP contribution is -2.33. The van der Waals surface area contributed by atoms with Gasteiger partial charge < -0.3 is 14.2 Å². The molecule has 0 radical (unpaired) electrons. The highest BCUT2D eigenvalue weighted by atomic mass is 16.7. The van der Waals surface area contributed by atoms with Gasteiger partial charge in [0, 0.05) is 0 Å². The van der Waals surface area contributed by atoms with Crippen molar-refractivity contribution in [3.05, 3.63) is 0 Å². The Hall–Kier alpha value is -0.610. The lowest BCUT2D eigenvalue weighted by atomic mass is 10.4. The summed E-state index contributed by atoms with van der Waals surface area (Å²) < 4.78 is 14.7. The average molecular weight is 160 g/mol. The van der Waals surface area contributed by atoms with Crippen molar-refractivity contribution in [2.75, 3.05) is 19.8 Å². The second-order valence-electron chi connectivity index (χ2n) is 2.18. The van der Waals surface area contributed by atoms with E-state index in [1.807, 2.05) is 0 Å². The van der Waals surface area contributed by atoms with Crippen molar-refractivity contribution in [1.29, 1.82) is 0 Å². The fourth-order valence-corrected chi connectivity index (χ4v) is 0.834. The Morgan fingerprint density at radius 1 is 1.55 bits per heavy atom. The molecule has 11 heavy (non-hydrogen) atoms. The quantitative estimate of drug-likeness (QED) is 0.545. The summed E-state index contributed by atoms with van der Waals surface area (Å²) in [5, 5.41) is 0. The fourth-order valence-electron chi connectivity index (χ4n) is 0.834. The van der Waals surface area contributed by atoms with E-state index in [0.717, 1.165) is 6.42 Å². The zero-order chi connectivity index (χ0) is 8.10. The molecule has 64 valence electrons. The van der Waals surface area contributed by atoms with E-state index in [1.165, 1.54) is 0 Å². The van der Waals surface area contributed by atoms with Gasteiger partial charge >= 0.3 is 5.97 Å². The van der Waals surface area contributed by atoms with Gasteiger partial charge in [0.25, 0.3) is 6.29 Å². The second kappa shape index (κ2) is 4.31. The first-order valence-electron chi connectivity index (χ1n) is 3.74. The molecule has 4 nitrogen and oxygen atoms in total. The zero-order valence-corrected chi connectivity index (χ0v) is 6.54. The van der Waals surface area contributed by atoms with Crippen LogP contribution >= 0.6 is 0 Å². The molecule has 0 atom stereocenters. The van der Waals surface area contributed by atoms with Crippen molar-refractivity contribution in [1.82, 2.24) is 0 Å². The summed E-state index contributed by atoms with van der Waals surface area (Å²) in [6.45, 7) is 3.26. The van der Waals surface area contributed by atoms with Gasteiger partial charge in [-0.25, -0.2) is 4.79 Å². The monoisotopic (exact) mass is 160 g/mol. The van der Waals surface area contributed by atoms with Crippen molar-refractivity contribution >= 4 is 5.97 Å². The van der Waals surface area contributed by atoms with E-state index in [2.05, 4.69) is 0 Å². The van der Waals surface area contributed by atoms with E-state index in [0.29, 0.717) is 19.8 Å². The maximum absolute atomic E-state index is 10.9. The van der Waals surface area contributed by atoms with Crippen LogP contribution in [0.25, 0.3) is 0 Å². The summed E-state index contributed by atoms with van der Waals surface area (Å²) in [7, 11) is 0. The van der Waals surface area contributed by atoms with Crippen LogP contribution in [0.15, 0.2) is 0 Å². The Morgan fingerprint density at radius 3 is 2.73 bits per heavy atom. The van der Waals surface area contributed by atoms with Gasteiger partial charge in [0.05, 0.1) is 19.8 Å². The molecule has 0 saturated carbocycles. The van der Waals surface area contributed by atoms with Gasteiger partial charge in [-0.15, -0.1) is 0 Å². The molecule has 1 rings (SSSR count). The highest BCUT2D eigenvalue weighted by Crippen LogP contribution is 2.05. The largest absolute Gasteiger partial charge is 0.462 e. The van der Waals surface area contributed by atoms with Gasteiger partial charge in [-0.2, -0.15) is 0 Å². The van der Waals surface area contributed by atoms with Crippen molar-refractivity contribution in [3.8, 4) is 0 Å². The van der Waals surface area contributed by atoms with E-state index in [9.17, 15) is 4.79 Å². The molecule has 1 saturated heterocycles. The van der Waals surface area contributed by atoms with Crippen LogP contribution in [-0.2, 0) is 19.0 Å². The highest BCUT2D eigenvalue weighted by molar-refractivity contribution is 5.73. The molecule has 1 fully saturated rings. The number of rotatable bonds is 2. The van der Waals surface area contributed by atoms with Gasteiger partial charge in [-0.1, -0.05) is 0 Å². The predicted molar refractivity (Wildman–Crippen MR) is 36.9 cm³/mol. The zero-order valence-electron chi connectivity index (χ0n) is 6.54. The Labute approximate surface area is 65.4 Å². The minimum atomic E-state index is -0.788. The first kappa shape index (κ1) is 8.49. The van der Waals surface area contributed by atoms with E-state index < -0.39 is 12.3 Å². The van der Waals surface area contributed by atoms with Crippen LogP contribution in [-0.4, -0.2) is 32.1 Å². The summed E-state index contributed by atoms with van der Waals surface area (Å²) in [4.78, 5) is 10.9. The summed E-state index contributed by atoms with van der Waals surface area (Å²) in [6.07, 6.45) is 0.0549. The Balaban J connectivity index is 2.27. The van der Waals surface area contributed by atoms with E-state index in [-0.39, 0.29) is 0 Å². The maximum Gasteiger partial charge on any atom is 0.363 e. The van der Waals surface area contributed by atoms with Crippen molar-refractivity contribution < 1.29 is 19.0 Å². The lowest BCUT2D eigenvalue weighted by molar-refractivity contribution is -0.209. The van der Waals surface area contributed by atoms with Crippen molar-refractivity contribution in [3.63, 3.8) is 0 Å². The molecule has 0 unspecified atom stereocenters.